The van der Waals surface area contributed by atoms with Crippen molar-refractivity contribution in [1.82, 2.24) is 0 Å². The van der Waals surface area contributed by atoms with Crippen LogP contribution in [0.15, 0.2) is 41.2 Å². The molecule has 0 aromatic heterocycles. The molecular weight excluding hydrogens is 180 g/mol. The summed E-state index contributed by atoms with van der Waals surface area (Å²) in [6.07, 6.45) is 4.51. The molecule has 0 heterocycles. The predicted molar refractivity (Wildman–Crippen MR) is 67.7 cm³/mol. The maximum absolute atomic E-state index is 3.78. The van der Waals surface area contributed by atoms with Crippen molar-refractivity contribution in [2.45, 2.75) is 41.5 Å². The zero-order valence-corrected chi connectivity index (χ0v) is 10.9. The number of allylic oxidation sites excluding steroid dienone is 5. The molecule has 0 bridgehead atoms. The lowest BCUT2D eigenvalue weighted by molar-refractivity contribution is 0.504. The predicted octanol–water partition coefficient (Wildman–Crippen LogP) is 4.66. The average Bonchev–Trinajstić information content (AvgIpc) is 2.44. The Kier molecular flexibility index (Phi) is 2.85. The maximum Gasteiger partial charge on any atom is 0.0198 e. The van der Waals surface area contributed by atoms with Gasteiger partial charge in [0.1, 0.15) is 0 Å². The van der Waals surface area contributed by atoms with E-state index in [0.717, 1.165) is 5.57 Å². The summed E-state index contributed by atoms with van der Waals surface area (Å²) in [5.41, 5.74) is 7.30. The topological polar surface area (TPSA) is 0 Å². The first-order valence-electron chi connectivity index (χ1n) is 5.51. The summed E-state index contributed by atoms with van der Waals surface area (Å²) < 4.78 is 0. The molecule has 15 heavy (non-hydrogen) atoms. The van der Waals surface area contributed by atoms with Crippen molar-refractivity contribution in [3.05, 3.63) is 41.2 Å². The minimum absolute atomic E-state index is 0.170. The van der Waals surface area contributed by atoms with Crippen LogP contribution in [0.3, 0.4) is 0 Å². The van der Waals surface area contributed by atoms with Crippen LogP contribution in [0.25, 0.3) is 0 Å². The second-order valence-electron chi connectivity index (χ2n) is 6.25. The lowest BCUT2D eigenvalue weighted by Crippen LogP contribution is -2.09. The highest BCUT2D eigenvalue weighted by atomic mass is 14.3. The smallest absolute Gasteiger partial charge is 0.0198 e. The zero-order valence-electron chi connectivity index (χ0n) is 10.9. The van der Waals surface area contributed by atoms with Crippen LogP contribution < -0.4 is 0 Å². The van der Waals surface area contributed by atoms with Gasteiger partial charge in [0.2, 0.25) is 0 Å². The Morgan fingerprint density at radius 1 is 0.933 bits per heavy atom. The highest BCUT2D eigenvalue weighted by molar-refractivity contribution is 5.55. The molecule has 0 atom stereocenters. The van der Waals surface area contributed by atoms with Crippen LogP contribution >= 0.6 is 0 Å². The Bertz CT molecular complexity index is 369. The van der Waals surface area contributed by atoms with E-state index in [1.807, 2.05) is 0 Å². The van der Waals surface area contributed by atoms with E-state index < -0.39 is 0 Å². The number of hydrogen-bond donors (Lipinski definition) is 0. The lowest BCUT2D eigenvalue weighted by atomic mass is 9.83. The summed E-state index contributed by atoms with van der Waals surface area (Å²) in [6.45, 7) is 17.2. The number of rotatable bonds is 0. The third kappa shape index (κ3) is 2.52. The van der Waals surface area contributed by atoms with Gasteiger partial charge in [0.25, 0.3) is 0 Å². The van der Waals surface area contributed by atoms with E-state index in [4.69, 9.17) is 0 Å². The van der Waals surface area contributed by atoms with Gasteiger partial charge in [-0.05, 0) is 28.1 Å². The SMILES string of the molecule is C=C=C1C=C(C(C)(C)C)C=C1C(C)(C)C. The summed E-state index contributed by atoms with van der Waals surface area (Å²) in [6, 6.07) is 0. The van der Waals surface area contributed by atoms with Crippen molar-refractivity contribution < 1.29 is 0 Å². The van der Waals surface area contributed by atoms with E-state index in [9.17, 15) is 0 Å². The highest BCUT2D eigenvalue weighted by Crippen LogP contribution is 2.41. The second kappa shape index (κ2) is 3.54. The molecule has 1 aliphatic carbocycles. The van der Waals surface area contributed by atoms with Gasteiger partial charge in [-0.1, -0.05) is 54.2 Å². The van der Waals surface area contributed by atoms with E-state index >= 15 is 0 Å². The molecule has 1 aliphatic rings. The monoisotopic (exact) mass is 202 g/mol. The first-order valence-corrected chi connectivity index (χ1v) is 5.51. The van der Waals surface area contributed by atoms with Crippen LogP contribution in [0.5, 0.6) is 0 Å². The van der Waals surface area contributed by atoms with Gasteiger partial charge in [0.05, 0.1) is 0 Å². The highest BCUT2D eigenvalue weighted by Gasteiger charge is 2.27. The molecule has 1 rings (SSSR count). The minimum atomic E-state index is 0.170. The van der Waals surface area contributed by atoms with Gasteiger partial charge in [0.15, 0.2) is 0 Å². The average molecular weight is 202 g/mol. The summed E-state index contributed by atoms with van der Waals surface area (Å²) >= 11 is 0. The fourth-order valence-electron chi connectivity index (χ4n) is 1.71. The summed E-state index contributed by atoms with van der Waals surface area (Å²) in [4.78, 5) is 0. The van der Waals surface area contributed by atoms with Crippen LogP contribution in [0.4, 0.5) is 0 Å². The van der Waals surface area contributed by atoms with Crippen molar-refractivity contribution in [3.8, 4) is 0 Å². The summed E-state index contributed by atoms with van der Waals surface area (Å²) in [7, 11) is 0. The molecule has 0 N–H and O–H groups in total. The van der Waals surface area contributed by atoms with E-state index in [0.29, 0.717) is 0 Å². The largest absolute Gasteiger partial charge is 0.120 e. The van der Waals surface area contributed by atoms with Crippen molar-refractivity contribution >= 4 is 0 Å². The molecule has 0 radical (unpaired) electrons. The van der Waals surface area contributed by atoms with Gasteiger partial charge in [0, 0.05) is 5.57 Å². The van der Waals surface area contributed by atoms with E-state index in [2.05, 4.69) is 66.0 Å². The molecule has 0 aromatic carbocycles. The van der Waals surface area contributed by atoms with Crippen LogP contribution in [-0.4, -0.2) is 0 Å². The molecule has 0 aromatic rings. The molecule has 0 nitrogen and oxygen atoms in total. The Balaban J connectivity index is 3.22. The Morgan fingerprint density at radius 3 is 1.73 bits per heavy atom. The maximum atomic E-state index is 3.78. The molecule has 0 fully saturated rings. The van der Waals surface area contributed by atoms with Crippen LogP contribution in [0.1, 0.15) is 41.5 Å². The molecule has 0 saturated heterocycles. The zero-order chi connectivity index (χ0) is 11.9. The van der Waals surface area contributed by atoms with Crippen LogP contribution in [0.2, 0.25) is 0 Å². The molecule has 0 aliphatic heterocycles. The van der Waals surface area contributed by atoms with Crippen LogP contribution in [0, 0.1) is 10.8 Å². The van der Waals surface area contributed by atoms with Gasteiger partial charge >= 0.3 is 0 Å². The second-order valence-corrected chi connectivity index (χ2v) is 6.25. The number of hydrogen-bond acceptors (Lipinski definition) is 0. The molecule has 0 saturated carbocycles. The quantitative estimate of drug-likeness (QED) is 0.501. The molecule has 0 amide bonds. The van der Waals surface area contributed by atoms with Crippen LogP contribution in [-0.2, 0) is 0 Å². The van der Waals surface area contributed by atoms with E-state index in [1.54, 1.807) is 0 Å². The Hall–Kier alpha value is -1.00. The third-order valence-corrected chi connectivity index (χ3v) is 2.75. The standard InChI is InChI=1S/C15H22/c1-8-11-9-12(14(2,3)4)10-13(11)15(5,6)7/h9-10H,1H2,2-7H3. The summed E-state index contributed by atoms with van der Waals surface area (Å²) in [5, 5.41) is 0. The third-order valence-electron chi connectivity index (χ3n) is 2.75. The van der Waals surface area contributed by atoms with Gasteiger partial charge in [-0.2, -0.15) is 0 Å². The van der Waals surface area contributed by atoms with Gasteiger partial charge in [-0.25, -0.2) is 0 Å². The molecule has 0 spiro atoms. The first kappa shape index (κ1) is 12.1. The minimum Gasteiger partial charge on any atom is -0.120 e. The van der Waals surface area contributed by atoms with Gasteiger partial charge < -0.3 is 0 Å². The molecular formula is C15H22. The Labute approximate surface area is 94.1 Å². The first-order chi connectivity index (χ1) is 6.66. The van der Waals surface area contributed by atoms with Gasteiger partial charge in [-0.15, -0.1) is 5.73 Å². The van der Waals surface area contributed by atoms with Crippen molar-refractivity contribution in [2.24, 2.45) is 10.8 Å². The molecule has 0 unspecified atom stereocenters. The van der Waals surface area contributed by atoms with Gasteiger partial charge in [-0.3, -0.25) is 0 Å². The van der Waals surface area contributed by atoms with Crippen molar-refractivity contribution in [3.63, 3.8) is 0 Å². The van der Waals surface area contributed by atoms with Crippen molar-refractivity contribution in [1.29, 1.82) is 0 Å². The van der Waals surface area contributed by atoms with E-state index in [-0.39, 0.29) is 10.8 Å². The van der Waals surface area contributed by atoms with Crippen molar-refractivity contribution in [2.75, 3.05) is 0 Å². The Morgan fingerprint density at radius 2 is 1.47 bits per heavy atom. The normalized spacial score (nSPS) is 17.3. The lowest BCUT2D eigenvalue weighted by Gasteiger charge is -2.21. The fraction of sp³-hybridized carbons (Fsp3) is 0.533. The van der Waals surface area contributed by atoms with E-state index in [1.165, 1.54) is 11.1 Å². The summed E-state index contributed by atoms with van der Waals surface area (Å²) in [5.74, 6) is 0. The fourth-order valence-corrected chi connectivity index (χ4v) is 1.71. The molecule has 82 valence electrons. The molecule has 0 heteroatoms.